The zero-order chi connectivity index (χ0) is 54.1. The molecule has 0 aromatic rings. The van der Waals surface area contributed by atoms with Crippen LogP contribution in [0.4, 0.5) is 0 Å². The van der Waals surface area contributed by atoms with Crippen molar-refractivity contribution in [2.45, 2.75) is 366 Å². The van der Waals surface area contributed by atoms with Crippen molar-refractivity contribution in [3.8, 4) is 0 Å². The number of allylic oxidation sites excluding steroid dienone is 11. The van der Waals surface area contributed by atoms with E-state index in [0.29, 0.717) is 6.42 Å². The summed E-state index contributed by atoms with van der Waals surface area (Å²) < 4.78 is 0. The van der Waals surface area contributed by atoms with Gasteiger partial charge in [0.1, 0.15) is 0 Å². The third kappa shape index (κ3) is 62.6. The Kier molecular flexibility index (Phi) is 64.2. The average molecular weight is 1050 g/mol. The molecule has 0 aliphatic rings. The molecule has 4 heteroatoms. The summed E-state index contributed by atoms with van der Waals surface area (Å²) in [5.41, 5.74) is 0. The van der Waals surface area contributed by atoms with E-state index in [-0.39, 0.29) is 12.5 Å². The van der Waals surface area contributed by atoms with E-state index in [1.165, 1.54) is 283 Å². The fraction of sp³-hybridized carbons (Fsp3) is 0.817. The summed E-state index contributed by atoms with van der Waals surface area (Å²) in [5.74, 6) is -0.0736. The predicted octanol–water partition coefficient (Wildman–Crippen LogP) is 22.9. The molecule has 0 bridgehead atoms. The number of amides is 1. The Morgan fingerprint density at radius 1 is 0.320 bits per heavy atom. The predicted molar refractivity (Wildman–Crippen MR) is 336 cm³/mol. The Balaban J connectivity index is 3.50. The number of nitrogens with one attached hydrogen (secondary N) is 1. The molecule has 0 spiro atoms. The minimum Gasteiger partial charge on any atom is -0.394 e. The third-order valence-electron chi connectivity index (χ3n) is 15.4. The number of hydrogen-bond acceptors (Lipinski definition) is 3. The van der Waals surface area contributed by atoms with E-state index in [1.807, 2.05) is 6.08 Å². The SMILES string of the molecule is CCCCCCC/C=C\C/C=C\C/C=C\CCCCCCCCCCCCCCCCCCCCCCC(=O)NC(CO)C(O)/C=C/CC/C=C/CC/C=C/CCCCCCCCCCCCCCCCCCCC. The highest BCUT2D eigenvalue weighted by atomic mass is 16.3. The smallest absolute Gasteiger partial charge is 0.220 e. The molecule has 0 heterocycles. The van der Waals surface area contributed by atoms with Crippen LogP contribution >= 0.6 is 0 Å². The van der Waals surface area contributed by atoms with Crippen LogP contribution in [0.25, 0.3) is 0 Å². The summed E-state index contributed by atoms with van der Waals surface area (Å²) in [6.07, 6.45) is 95.5. The Labute approximate surface area is 469 Å². The normalized spacial score (nSPS) is 13.2. The molecule has 0 aliphatic heterocycles. The molecule has 0 saturated heterocycles. The number of aliphatic hydroxyl groups is 2. The minimum absolute atomic E-state index is 0.0736. The van der Waals surface area contributed by atoms with E-state index in [2.05, 4.69) is 79.9 Å². The number of aliphatic hydroxyl groups excluding tert-OH is 2. The molecular weight excluding hydrogens is 915 g/mol. The van der Waals surface area contributed by atoms with Crippen molar-refractivity contribution in [1.82, 2.24) is 5.32 Å². The number of unbranched alkanes of at least 4 members (excludes halogenated alkanes) is 45. The lowest BCUT2D eigenvalue weighted by Gasteiger charge is -2.19. The van der Waals surface area contributed by atoms with Crippen LogP contribution in [-0.4, -0.2) is 34.9 Å². The largest absolute Gasteiger partial charge is 0.394 e. The summed E-state index contributed by atoms with van der Waals surface area (Å²) in [6.45, 7) is 4.31. The van der Waals surface area contributed by atoms with Crippen LogP contribution in [0.3, 0.4) is 0 Å². The standard InChI is InChI=1S/C71H131NO3/c1-3-5-7-9-11-13-15-17-19-21-23-25-27-29-31-33-34-35-36-37-38-39-41-43-45-47-49-51-53-55-57-59-61-63-65-67-71(75)72-69(68-73)70(74)66-64-62-60-58-56-54-52-50-48-46-44-42-40-32-30-28-26-24-22-20-18-16-14-12-10-8-6-4-2/h15,17,21,23,27,29,48,50,56,58,64,66,69-70,73-74H,3-14,16,18-20,22,24-26,28,30-47,49,51-55,57,59-63,65,67-68H2,1-2H3,(H,72,75)/b17-15-,23-21-,29-27-,50-48+,58-56+,66-64+. The van der Waals surface area contributed by atoms with Gasteiger partial charge < -0.3 is 15.5 Å². The molecule has 4 nitrogen and oxygen atoms in total. The molecule has 438 valence electrons. The van der Waals surface area contributed by atoms with Gasteiger partial charge in [0.2, 0.25) is 5.91 Å². The molecule has 0 aliphatic carbocycles. The Hall–Kier alpha value is -2.17. The van der Waals surface area contributed by atoms with Gasteiger partial charge >= 0.3 is 0 Å². The first-order chi connectivity index (χ1) is 37.2. The van der Waals surface area contributed by atoms with E-state index in [1.54, 1.807) is 6.08 Å². The quantitative estimate of drug-likeness (QED) is 0.0420. The topological polar surface area (TPSA) is 69.6 Å². The van der Waals surface area contributed by atoms with Crippen LogP contribution in [-0.2, 0) is 4.79 Å². The van der Waals surface area contributed by atoms with Crippen molar-refractivity contribution in [2.75, 3.05) is 6.61 Å². The zero-order valence-electron chi connectivity index (χ0n) is 50.6. The number of rotatable bonds is 62. The molecule has 1 amide bonds. The van der Waals surface area contributed by atoms with Crippen molar-refractivity contribution in [2.24, 2.45) is 0 Å². The molecule has 2 atom stereocenters. The third-order valence-corrected chi connectivity index (χ3v) is 15.4. The first kappa shape index (κ1) is 72.8. The molecule has 0 rings (SSSR count). The van der Waals surface area contributed by atoms with E-state index < -0.39 is 12.1 Å². The van der Waals surface area contributed by atoms with Crippen molar-refractivity contribution in [3.63, 3.8) is 0 Å². The molecular formula is C71H131NO3. The van der Waals surface area contributed by atoms with Crippen LogP contribution in [0.15, 0.2) is 72.9 Å². The Morgan fingerprint density at radius 2 is 0.560 bits per heavy atom. The van der Waals surface area contributed by atoms with Gasteiger partial charge in [0.05, 0.1) is 18.8 Å². The molecule has 0 saturated carbocycles. The Bertz CT molecular complexity index is 1280. The number of carbonyl (C=O) groups is 1. The average Bonchev–Trinajstić information content (AvgIpc) is 3.41. The highest BCUT2D eigenvalue weighted by Gasteiger charge is 2.18. The van der Waals surface area contributed by atoms with Gasteiger partial charge in [-0.2, -0.15) is 0 Å². The first-order valence-electron chi connectivity index (χ1n) is 33.7. The maximum atomic E-state index is 12.5. The molecule has 0 radical (unpaired) electrons. The van der Waals surface area contributed by atoms with Gasteiger partial charge in [-0.25, -0.2) is 0 Å². The maximum absolute atomic E-state index is 12.5. The highest BCUT2D eigenvalue weighted by molar-refractivity contribution is 5.76. The summed E-state index contributed by atoms with van der Waals surface area (Å²) >= 11 is 0. The van der Waals surface area contributed by atoms with E-state index in [9.17, 15) is 15.0 Å². The summed E-state index contributed by atoms with van der Waals surface area (Å²) in [5, 5.41) is 23.2. The summed E-state index contributed by atoms with van der Waals surface area (Å²) in [4.78, 5) is 12.5. The van der Waals surface area contributed by atoms with Crippen molar-refractivity contribution < 1.29 is 15.0 Å². The molecule has 0 aromatic carbocycles. The second kappa shape index (κ2) is 66.1. The monoisotopic (exact) mass is 1050 g/mol. The summed E-state index contributed by atoms with van der Waals surface area (Å²) in [6, 6.07) is -0.649. The van der Waals surface area contributed by atoms with Crippen molar-refractivity contribution in [1.29, 1.82) is 0 Å². The fourth-order valence-corrected chi connectivity index (χ4v) is 10.3. The van der Waals surface area contributed by atoms with Gasteiger partial charge in [-0.1, -0.05) is 337 Å². The van der Waals surface area contributed by atoms with Gasteiger partial charge in [-0.05, 0) is 83.5 Å². The molecule has 75 heavy (non-hydrogen) atoms. The fourth-order valence-electron chi connectivity index (χ4n) is 10.3. The van der Waals surface area contributed by atoms with Gasteiger partial charge in [0, 0.05) is 6.42 Å². The number of carbonyl (C=O) groups excluding carboxylic acids is 1. The van der Waals surface area contributed by atoms with Crippen LogP contribution in [0.5, 0.6) is 0 Å². The van der Waals surface area contributed by atoms with Gasteiger partial charge in [0.25, 0.3) is 0 Å². The van der Waals surface area contributed by atoms with E-state index >= 15 is 0 Å². The van der Waals surface area contributed by atoms with Gasteiger partial charge in [0.15, 0.2) is 0 Å². The molecule has 0 aromatic heterocycles. The van der Waals surface area contributed by atoms with Crippen LogP contribution in [0, 0.1) is 0 Å². The van der Waals surface area contributed by atoms with Crippen LogP contribution in [0.1, 0.15) is 354 Å². The Morgan fingerprint density at radius 3 is 0.867 bits per heavy atom. The van der Waals surface area contributed by atoms with Gasteiger partial charge in [-0.3, -0.25) is 4.79 Å². The minimum atomic E-state index is -0.874. The lowest BCUT2D eigenvalue weighted by Crippen LogP contribution is -2.45. The lowest BCUT2D eigenvalue weighted by molar-refractivity contribution is -0.123. The van der Waals surface area contributed by atoms with Gasteiger partial charge in [-0.15, -0.1) is 0 Å². The maximum Gasteiger partial charge on any atom is 0.220 e. The second-order valence-electron chi connectivity index (χ2n) is 22.9. The van der Waals surface area contributed by atoms with Crippen molar-refractivity contribution >= 4 is 5.91 Å². The zero-order valence-corrected chi connectivity index (χ0v) is 50.6. The molecule has 3 N–H and O–H groups in total. The van der Waals surface area contributed by atoms with Crippen LogP contribution < -0.4 is 5.32 Å². The van der Waals surface area contributed by atoms with E-state index in [4.69, 9.17) is 0 Å². The number of hydrogen-bond donors (Lipinski definition) is 3. The summed E-state index contributed by atoms with van der Waals surface area (Å²) in [7, 11) is 0. The molecule has 2 unspecified atom stereocenters. The first-order valence-corrected chi connectivity index (χ1v) is 33.7. The van der Waals surface area contributed by atoms with E-state index in [0.717, 1.165) is 51.4 Å². The highest BCUT2D eigenvalue weighted by Crippen LogP contribution is 2.18. The second-order valence-corrected chi connectivity index (χ2v) is 22.9. The lowest BCUT2D eigenvalue weighted by atomic mass is 10.0. The van der Waals surface area contributed by atoms with Crippen LogP contribution in [0.2, 0.25) is 0 Å². The van der Waals surface area contributed by atoms with Crippen molar-refractivity contribution in [3.05, 3.63) is 72.9 Å². The molecule has 0 fully saturated rings.